The van der Waals surface area contributed by atoms with Gasteiger partial charge >= 0.3 is 6.64 Å². The van der Waals surface area contributed by atoms with E-state index in [1.807, 2.05) is 24.3 Å². The SMILES string of the molecule is CC1(C)CC(NP(=S)(Oc2ccc(C(C)(C)C)cc2)Oc2ccc(C(C)(C)C)cc2)CC(C)(C)N1. The minimum atomic E-state index is -2.90. The molecule has 0 spiro atoms. The second kappa shape index (κ2) is 9.82. The number of hydrogen-bond donors (Lipinski definition) is 2. The van der Waals surface area contributed by atoms with E-state index in [0.717, 1.165) is 24.3 Å². The van der Waals surface area contributed by atoms with Gasteiger partial charge in [-0.15, -0.1) is 0 Å². The molecular weight excluding hydrogens is 471 g/mol. The molecule has 0 aliphatic carbocycles. The van der Waals surface area contributed by atoms with E-state index in [4.69, 9.17) is 20.9 Å². The van der Waals surface area contributed by atoms with E-state index in [9.17, 15) is 0 Å². The van der Waals surface area contributed by atoms with Gasteiger partial charge in [-0.2, -0.15) is 0 Å². The average Bonchev–Trinajstić information content (AvgIpc) is 2.64. The Balaban J connectivity index is 1.89. The summed E-state index contributed by atoms with van der Waals surface area (Å²) in [5.41, 5.74) is 2.64. The summed E-state index contributed by atoms with van der Waals surface area (Å²) in [6.45, 7) is 19.3. The first-order chi connectivity index (χ1) is 15.9. The minimum absolute atomic E-state index is 0.0116. The summed E-state index contributed by atoms with van der Waals surface area (Å²) in [5, 5.41) is 7.42. The Kier molecular flexibility index (Phi) is 7.91. The fourth-order valence-corrected chi connectivity index (χ4v) is 7.55. The predicted molar refractivity (Wildman–Crippen MR) is 153 cm³/mol. The van der Waals surface area contributed by atoms with Crippen LogP contribution >= 0.6 is 6.64 Å². The Morgan fingerprint density at radius 2 is 1.09 bits per heavy atom. The summed E-state index contributed by atoms with van der Waals surface area (Å²) in [6.07, 6.45) is 1.88. The van der Waals surface area contributed by atoms with Gasteiger partial charge in [0.2, 0.25) is 0 Å². The number of hydrogen-bond acceptors (Lipinski definition) is 4. The maximum Gasteiger partial charge on any atom is 0.365 e. The van der Waals surface area contributed by atoms with Crippen LogP contribution in [0.3, 0.4) is 0 Å². The smallest absolute Gasteiger partial charge is 0.365 e. The van der Waals surface area contributed by atoms with Gasteiger partial charge in [0, 0.05) is 28.9 Å². The molecular formula is C29H45N2O2PS. The van der Waals surface area contributed by atoms with Crippen molar-refractivity contribution in [3.05, 3.63) is 59.7 Å². The van der Waals surface area contributed by atoms with Crippen LogP contribution in [0.15, 0.2) is 48.5 Å². The van der Waals surface area contributed by atoms with Crippen LogP contribution in [-0.2, 0) is 22.6 Å². The van der Waals surface area contributed by atoms with Crippen molar-refractivity contribution in [2.45, 2.75) is 110 Å². The van der Waals surface area contributed by atoms with Crippen LogP contribution < -0.4 is 19.5 Å². The number of benzene rings is 2. The van der Waals surface area contributed by atoms with Gasteiger partial charge in [0.1, 0.15) is 11.5 Å². The summed E-state index contributed by atoms with van der Waals surface area (Å²) in [4.78, 5) is 0. The van der Waals surface area contributed by atoms with Crippen LogP contribution in [0.5, 0.6) is 11.5 Å². The van der Waals surface area contributed by atoms with Crippen molar-refractivity contribution >= 4 is 18.4 Å². The third-order valence-corrected chi connectivity index (χ3v) is 8.77. The molecule has 6 heteroatoms. The van der Waals surface area contributed by atoms with Gasteiger partial charge in [-0.25, -0.2) is 5.09 Å². The van der Waals surface area contributed by atoms with Crippen LogP contribution in [0.2, 0.25) is 0 Å². The lowest BCUT2D eigenvalue weighted by atomic mass is 9.80. The lowest BCUT2D eigenvalue weighted by Gasteiger charge is -2.47. The third kappa shape index (κ3) is 8.05. The molecule has 35 heavy (non-hydrogen) atoms. The molecule has 0 aromatic heterocycles. The van der Waals surface area contributed by atoms with Crippen molar-refractivity contribution in [1.29, 1.82) is 0 Å². The molecule has 1 heterocycles. The molecule has 0 bridgehead atoms. The first-order valence-corrected chi connectivity index (χ1v) is 15.3. The van der Waals surface area contributed by atoms with Crippen LogP contribution in [0.25, 0.3) is 0 Å². The molecule has 4 nitrogen and oxygen atoms in total. The van der Waals surface area contributed by atoms with E-state index in [2.05, 4.69) is 104 Å². The van der Waals surface area contributed by atoms with Crippen LogP contribution in [-0.4, -0.2) is 17.1 Å². The van der Waals surface area contributed by atoms with E-state index in [1.165, 1.54) is 11.1 Å². The molecule has 2 aromatic carbocycles. The van der Waals surface area contributed by atoms with Crippen LogP contribution in [0.1, 0.15) is 93.2 Å². The molecule has 0 amide bonds. The molecule has 0 saturated carbocycles. The van der Waals surface area contributed by atoms with E-state index in [-0.39, 0.29) is 27.9 Å². The monoisotopic (exact) mass is 516 g/mol. The molecule has 0 unspecified atom stereocenters. The summed E-state index contributed by atoms with van der Waals surface area (Å²) in [5.74, 6) is 1.46. The van der Waals surface area contributed by atoms with Gasteiger partial charge in [-0.1, -0.05) is 65.8 Å². The van der Waals surface area contributed by atoms with E-state index in [0.29, 0.717) is 0 Å². The van der Waals surface area contributed by atoms with E-state index < -0.39 is 6.64 Å². The minimum Gasteiger partial charge on any atom is -0.425 e. The second-order valence-corrected chi connectivity index (χ2v) is 16.4. The van der Waals surface area contributed by atoms with Crippen LogP contribution in [0, 0.1) is 0 Å². The lowest BCUT2D eigenvalue weighted by molar-refractivity contribution is 0.155. The van der Waals surface area contributed by atoms with Gasteiger partial charge in [-0.3, -0.25) is 0 Å². The first-order valence-electron chi connectivity index (χ1n) is 12.6. The predicted octanol–water partition coefficient (Wildman–Crippen LogP) is 7.86. The highest BCUT2D eigenvalue weighted by atomic mass is 32.5. The molecule has 1 aliphatic heterocycles. The Labute approximate surface area is 218 Å². The number of rotatable bonds is 6. The molecule has 2 N–H and O–H groups in total. The first kappa shape index (κ1) is 28.2. The summed E-state index contributed by atoms with van der Waals surface area (Å²) in [7, 11) is 0. The molecule has 2 aromatic rings. The highest BCUT2D eigenvalue weighted by Gasteiger charge is 2.40. The van der Waals surface area contributed by atoms with Crippen molar-refractivity contribution in [2.24, 2.45) is 0 Å². The average molecular weight is 517 g/mol. The zero-order valence-corrected chi connectivity index (χ0v) is 25.0. The summed E-state index contributed by atoms with van der Waals surface area (Å²) in [6, 6.07) is 16.7. The maximum absolute atomic E-state index is 6.48. The topological polar surface area (TPSA) is 42.5 Å². The van der Waals surface area contributed by atoms with Crippen molar-refractivity contribution in [3.63, 3.8) is 0 Å². The normalized spacial score (nSPS) is 18.8. The highest BCUT2D eigenvalue weighted by Crippen LogP contribution is 2.48. The standard InChI is InChI=1S/C29H45N2O2PS/c1-26(2,3)21-11-15-24(16-12-21)32-34(35,30-23-19-28(7,8)31-29(9,10)20-23)33-25-17-13-22(14-18-25)27(4,5)6/h11-18,23,31H,19-20H2,1-10H3,(H,30,35). The Hall–Kier alpha value is -1.39. The van der Waals surface area contributed by atoms with Gasteiger partial charge < -0.3 is 14.4 Å². The van der Waals surface area contributed by atoms with E-state index in [1.54, 1.807) is 0 Å². The highest BCUT2D eigenvalue weighted by molar-refractivity contribution is 8.09. The summed E-state index contributed by atoms with van der Waals surface area (Å²) < 4.78 is 13.0. The maximum atomic E-state index is 6.48. The second-order valence-electron chi connectivity index (χ2n) is 13.4. The fourth-order valence-electron chi connectivity index (χ4n) is 5.02. The van der Waals surface area contributed by atoms with Crippen molar-refractivity contribution < 1.29 is 9.05 Å². The summed E-state index contributed by atoms with van der Waals surface area (Å²) >= 11 is 6.14. The molecule has 0 atom stereocenters. The van der Waals surface area contributed by atoms with Gasteiger partial charge in [0.25, 0.3) is 0 Å². The third-order valence-electron chi connectivity index (χ3n) is 6.42. The number of piperidine rings is 1. The zero-order chi connectivity index (χ0) is 26.3. The van der Waals surface area contributed by atoms with Crippen molar-refractivity contribution in [1.82, 2.24) is 10.4 Å². The van der Waals surface area contributed by atoms with E-state index >= 15 is 0 Å². The molecule has 1 aliphatic rings. The molecule has 3 rings (SSSR count). The van der Waals surface area contributed by atoms with Gasteiger partial charge in [0.15, 0.2) is 0 Å². The molecule has 1 fully saturated rings. The Morgan fingerprint density at radius 3 is 1.40 bits per heavy atom. The fraction of sp³-hybridized carbons (Fsp3) is 0.586. The number of nitrogens with one attached hydrogen (secondary N) is 2. The van der Waals surface area contributed by atoms with Crippen molar-refractivity contribution in [3.8, 4) is 11.5 Å². The quantitative estimate of drug-likeness (QED) is 0.383. The molecule has 0 radical (unpaired) electrons. The Morgan fingerprint density at radius 1 is 0.743 bits per heavy atom. The van der Waals surface area contributed by atoms with Gasteiger partial charge in [-0.05, 0) is 86.8 Å². The van der Waals surface area contributed by atoms with Crippen LogP contribution in [0.4, 0.5) is 0 Å². The Bertz CT molecular complexity index is 969. The largest absolute Gasteiger partial charge is 0.425 e. The molecule has 1 saturated heterocycles. The lowest BCUT2D eigenvalue weighted by Crippen LogP contribution is -2.61. The van der Waals surface area contributed by atoms with Crippen molar-refractivity contribution in [2.75, 3.05) is 0 Å². The van der Waals surface area contributed by atoms with Gasteiger partial charge in [0.05, 0.1) is 0 Å². The zero-order valence-electron chi connectivity index (χ0n) is 23.3. The molecule has 194 valence electrons.